The van der Waals surface area contributed by atoms with Gasteiger partial charge in [0, 0.05) is 38.1 Å². The lowest BCUT2D eigenvalue weighted by Crippen LogP contribution is -2.38. The number of likely N-dealkylation sites (tertiary alicyclic amines) is 1. The lowest BCUT2D eigenvalue weighted by Gasteiger charge is -2.32. The molecule has 33 heavy (non-hydrogen) atoms. The van der Waals surface area contributed by atoms with Gasteiger partial charge in [0.15, 0.2) is 6.19 Å². The SMILES string of the molecule is N#Cc1cnc(N2CCC2)c(-c2nnc(C(=O)N[C@@H]3C[C@@H](Cn4ccnn4)N(C#N)C3)o2)c1. The van der Waals surface area contributed by atoms with E-state index in [4.69, 9.17) is 4.42 Å². The first-order valence-electron chi connectivity index (χ1n) is 10.4. The molecule has 0 saturated carbocycles. The molecule has 2 aliphatic heterocycles. The van der Waals surface area contributed by atoms with E-state index in [2.05, 4.69) is 43.1 Å². The van der Waals surface area contributed by atoms with Crippen LogP contribution in [-0.2, 0) is 6.54 Å². The molecule has 2 fully saturated rings. The number of nitrogens with zero attached hydrogens (tertiary/aromatic N) is 10. The summed E-state index contributed by atoms with van der Waals surface area (Å²) in [6, 6.07) is 3.31. The van der Waals surface area contributed by atoms with E-state index < -0.39 is 5.91 Å². The van der Waals surface area contributed by atoms with E-state index in [0.717, 1.165) is 19.5 Å². The minimum absolute atomic E-state index is 0.112. The van der Waals surface area contributed by atoms with Gasteiger partial charge in [-0.3, -0.25) is 9.48 Å². The number of anilines is 1. The van der Waals surface area contributed by atoms with E-state index in [0.29, 0.717) is 36.5 Å². The van der Waals surface area contributed by atoms with Crippen LogP contribution >= 0.6 is 0 Å². The predicted octanol–water partition coefficient (Wildman–Crippen LogP) is 0.159. The van der Waals surface area contributed by atoms with Crippen molar-refractivity contribution in [3.63, 3.8) is 0 Å². The summed E-state index contributed by atoms with van der Waals surface area (Å²) >= 11 is 0. The molecule has 166 valence electrons. The Labute approximate surface area is 188 Å². The number of carbonyl (C=O) groups excluding carboxylic acids is 1. The van der Waals surface area contributed by atoms with Crippen molar-refractivity contribution in [1.82, 2.24) is 40.4 Å². The standard InChI is InChI=1S/C20H19N11O2/c21-8-13-6-16(17(23-9-13)29-3-1-4-29)19-26-27-20(33-19)18(32)25-14-7-15(30(10-14)12-22)11-31-5-2-24-28-31/h2,5-6,9,14-15H,1,3-4,7,10-11H2,(H,25,32)/t14-,15+/m1/s1. The van der Waals surface area contributed by atoms with Gasteiger partial charge in [-0.1, -0.05) is 5.21 Å². The smallest absolute Gasteiger partial charge is 0.309 e. The fourth-order valence-corrected chi connectivity index (χ4v) is 3.99. The maximum atomic E-state index is 12.8. The van der Waals surface area contributed by atoms with Crippen LogP contribution in [0.5, 0.6) is 0 Å². The highest BCUT2D eigenvalue weighted by atomic mass is 16.4. The molecule has 3 aromatic rings. The van der Waals surface area contributed by atoms with Gasteiger partial charge in [-0.2, -0.15) is 10.5 Å². The number of hydrogen-bond acceptors (Lipinski definition) is 11. The molecule has 0 unspecified atom stereocenters. The van der Waals surface area contributed by atoms with Crippen LogP contribution in [0.25, 0.3) is 11.5 Å². The summed E-state index contributed by atoms with van der Waals surface area (Å²) in [6.07, 6.45) is 8.58. The number of pyridine rings is 1. The van der Waals surface area contributed by atoms with Crippen LogP contribution in [0.4, 0.5) is 5.82 Å². The van der Waals surface area contributed by atoms with Gasteiger partial charge in [0.1, 0.15) is 11.9 Å². The van der Waals surface area contributed by atoms with E-state index in [1.54, 1.807) is 28.0 Å². The second-order valence-electron chi connectivity index (χ2n) is 7.90. The molecule has 3 aromatic heterocycles. The molecule has 13 nitrogen and oxygen atoms in total. The minimum Gasteiger partial charge on any atom is -0.412 e. The van der Waals surface area contributed by atoms with E-state index in [-0.39, 0.29) is 23.9 Å². The zero-order valence-electron chi connectivity index (χ0n) is 17.5. The van der Waals surface area contributed by atoms with Crippen molar-refractivity contribution in [2.24, 2.45) is 0 Å². The van der Waals surface area contributed by atoms with Crippen LogP contribution in [0.1, 0.15) is 29.1 Å². The third-order valence-corrected chi connectivity index (χ3v) is 5.75. The van der Waals surface area contributed by atoms with Crippen molar-refractivity contribution < 1.29 is 9.21 Å². The largest absolute Gasteiger partial charge is 0.412 e. The van der Waals surface area contributed by atoms with Crippen LogP contribution in [0.3, 0.4) is 0 Å². The maximum Gasteiger partial charge on any atom is 0.309 e. The monoisotopic (exact) mass is 445 g/mol. The molecule has 2 aliphatic rings. The van der Waals surface area contributed by atoms with Crippen molar-refractivity contribution >= 4 is 11.7 Å². The lowest BCUT2D eigenvalue weighted by molar-refractivity contribution is 0.0904. The van der Waals surface area contributed by atoms with E-state index in [1.807, 2.05) is 4.90 Å². The van der Waals surface area contributed by atoms with Gasteiger partial charge in [-0.25, -0.2) is 4.98 Å². The highest BCUT2D eigenvalue weighted by Gasteiger charge is 2.34. The first-order valence-corrected chi connectivity index (χ1v) is 10.4. The number of hydrogen-bond donors (Lipinski definition) is 1. The molecule has 0 radical (unpaired) electrons. The molecule has 1 N–H and O–H groups in total. The number of nitriles is 2. The number of amides is 1. The van der Waals surface area contributed by atoms with E-state index in [1.165, 1.54) is 6.20 Å². The van der Waals surface area contributed by atoms with Crippen molar-refractivity contribution in [1.29, 1.82) is 10.5 Å². The molecule has 2 saturated heterocycles. The molecule has 2 atom stereocenters. The topological polar surface area (TPSA) is 166 Å². The van der Waals surface area contributed by atoms with Crippen molar-refractivity contribution in [3.05, 3.63) is 36.1 Å². The molecular formula is C20H19N11O2. The van der Waals surface area contributed by atoms with Gasteiger partial charge in [0.2, 0.25) is 0 Å². The summed E-state index contributed by atoms with van der Waals surface area (Å²) in [5.74, 6) is 0.0612. The second-order valence-corrected chi connectivity index (χ2v) is 7.90. The van der Waals surface area contributed by atoms with Crippen LogP contribution in [0, 0.1) is 22.8 Å². The Kier molecular flexibility index (Phi) is 5.28. The van der Waals surface area contributed by atoms with Crippen molar-refractivity contribution in [2.45, 2.75) is 31.5 Å². The van der Waals surface area contributed by atoms with E-state index >= 15 is 0 Å². The van der Waals surface area contributed by atoms with Gasteiger partial charge < -0.3 is 19.5 Å². The number of nitrogens with one attached hydrogen (secondary N) is 1. The molecular weight excluding hydrogens is 426 g/mol. The highest BCUT2D eigenvalue weighted by molar-refractivity contribution is 5.90. The van der Waals surface area contributed by atoms with Crippen LogP contribution < -0.4 is 10.2 Å². The molecule has 5 rings (SSSR count). The number of carbonyl (C=O) groups is 1. The molecule has 0 spiro atoms. The Hall–Kier alpha value is -4.52. The molecule has 5 heterocycles. The summed E-state index contributed by atoms with van der Waals surface area (Å²) < 4.78 is 7.31. The zero-order valence-corrected chi connectivity index (χ0v) is 17.5. The highest BCUT2D eigenvalue weighted by Crippen LogP contribution is 2.31. The Morgan fingerprint density at radius 1 is 1.30 bits per heavy atom. The first kappa shape index (κ1) is 20.4. The van der Waals surface area contributed by atoms with Gasteiger partial charge in [-0.05, 0) is 18.9 Å². The Morgan fingerprint density at radius 2 is 2.18 bits per heavy atom. The van der Waals surface area contributed by atoms with Gasteiger partial charge in [0.25, 0.3) is 5.89 Å². The lowest BCUT2D eigenvalue weighted by atomic mass is 10.1. The second kappa shape index (κ2) is 8.55. The van der Waals surface area contributed by atoms with Gasteiger partial charge >= 0.3 is 11.8 Å². The average Bonchev–Trinajstić information content (AvgIpc) is 3.54. The zero-order chi connectivity index (χ0) is 22.8. The third kappa shape index (κ3) is 4.04. The molecule has 0 aromatic carbocycles. The number of aromatic nitrogens is 6. The minimum atomic E-state index is -0.520. The summed E-state index contributed by atoms with van der Waals surface area (Å²) in [5.41, 5.74) is 0.879. The van der Waals surface area contributed by atoms with Gasteiger partial charge in [-0.15, -0.1) is 15.3 Å². The Bertz CT molecular complexity index is 1240. The van der Waals surface area contributed by atoms with Crippen LogP contribution in [0.2, 0.25) is 0 Å². The molecule has 1 amide bonds. The first-order chi connectivity index (χ1) is 16.1. The van der Waals surface area contributed by atoms with E-state index in [9.17, 15) is 15.3 Å². The van der Waals surface area contributed by atoms with Crippen LogP contribution in [-0.4, -0.2) is 72.7 Å². The normalized spacial score (nSPS) is 19.6. The summed E-state index contributed by atoms with van der Waals surface area (Å²) in [6.45, 7) is 2.56. The van der Waals surface area contributed by atoms with Crippen molar-refractivity contribution in [3.8, 4) is 23.7 Å². The van der Waals surface area contributed by atoms with Gasteiger partial charge in [0.05, 0.1) is 29.9 Å². The fourth-order valence-electron chi connectivity index (χ4n) is 3.99. The quantitative estimate of drug-likeness (QED) is 0.513. The Morgan fingerprint density at radius 3 is 2.88 bits per heavy atom. The summed E-state index contributed by atoms with van der Waals surface area (Å²) in [7, 11) is 0. The van der Waals surface area contributed by atoms with Crippen LogP contribution in [0.15, 0.2) is 29.1 Å². The predicted molar refractivity (Wildman–Crippen MR) is 111 cm³/mol. The maximum absolute atomic E-state index is 12.8. The fraction of sp³-hybridized carbons (Fsp3) is 0.400. The molecule has 13 heteroatoms. The molecule has 0 aliphatic carbocycles. The summed E-state index contributed by atoms with van der Waals surface area (Å²) in [5, 5.41) is 37.2. The molecule has 0 bridgehead atoms. The average molecular weight is 445 g/mol. The Balaban J connectivity index is 1.29. The number of rotatable bonds is 6. The summed E-state index contributed by atoms with van der Waals surface area (Å²) in [4.78, 5) is 20.8. The third-order valence-electron chi connectivity index (χ3n) is 5.75. The van der Waals surface area contributed by atoms with Crippen molar-refractivity contribution in [2.75, 3.05) is 24.5 Å².